The van der Waals surface area contributed by atoms with Gasteiger partial charge in [0.2, 0.25) is 0 Å². The van der Waals surface area contributed by atoms with Crippen LogP contribution < -0.4 is 0 Å². The van der Waals surface area contributed by atoms with Crippen LogP contribution in [0.2, 0.25) is 0 Å². The van der Waals surface area contributed by atoms with Crippen molar-refractivity contribution in [1.29, 1.82) is 0 Å². The molecule has 0 aromatic carbocycles. The number of unbranched alkanes of at least 4 members (excludes halogenated alkanes) is 12. The molecule has 1 unspecified atom stereocenters. The zero-order valence-electron chi connectivity index (χ0n) is 18.0. The van der Waals surface area contributed by atoms with E-state index < -0.39 is 0 Å². The Morgan fingerprint density at radius 2 is 1.22 bits per heavy atom. The third kappa shape index (κ3) is 22.9. The van der Waals surface area contributed by atoms with Crippen LogP contribution in [0.4, 0.5) is 0 Å². The molecule has 0 aromatic rings. The third-order valence-corrected chi connectivity index (χ3v) is 5.77. The molecule has 0 radical (unpaired) electrons. The van der Waals surface area contributed by atoms with E-state index in [1.54, 1.807) is 0 Å². The van der Waals surface area contributed by atoms with Gasteiger partial charge in [0, 0.05) is 11.9 Å². The third-order valence-electron chi connectivity index (χ3n) is 4.65. The number of rotatable bonds is 23. The van der Waals surface area contributed by atoms with Crippen LogP contribution >= 0.6 is 28.3 Å². The van der Waals surface area contributed by atoms with Crippen molar-refractivity contribution in [2.45, 2.75) is 123 Å². The predicted octanol–water partition coefficient (Wildman–Crippen LogP) is 8.60. The highest BCUT2D eigenvalue weighted by atomic mass is 79.9. The Morgan fingerprint density at radius 3 is 1.89 bits per heavy atom. The van der Waals surface area contributed by atoms with E-state index in [0.29, 0.717) is 0 Å². The highest BCUT2D eigenvalue weighted by Crippen LogP contribution is 2.18. The smallest absolute Gasteiger partial charge is 0.173 e. The largest absolute Gasteiger partial charge is 0.352 e. The molecule has 0 fully saturated rings. The first-order valence-corrected chi connectivity index (χ1v) is 13.3. The van der Waals surface area contributed by atoms with Crippen LogP contribution in [0, 0.1) is 0 Å². The molecule has 5 heteroatoms. The van der Waals surface area contributed by atoms with E-state index in [4.69, 9.17) is 13.1 Å². The summed E-state index contributed by atoms with van der Waals surface area (Å²) in [4.78, 5) is 0. The van der Waals surface area contributed by atoms with Gasteiger partial charge in [0.05, 0.1) is 6.61 Å². The molecule has 0 rings (SSSR count). The van der Waals surface area contributed by atoms with Gasteiger partial charge in [-0.25, -0.2) is 0 Å². The van der Waals surface area contributed by atoms with Crippen molar-refractivity contribution in [1.82, 2.24) is 0 Å². The number of alkyl halides is 1. The van der Waals surface area contributed by atoms with Gasteiger partial charge in [0.1, 0.15) is 0 Å². The number of ether oxygens (including phenoxy) is 1. The van der Waals surface area contributed by atoms with E-state index in [0.717, 1.165) is 56.6 Å². The standard InChI is InChI=1S/C22H45BrO3S/c1-3-5-7-8-9-10-12-16-20-24-22(18-14-6-4-2)26-27-25-21-17-13-11-15-19-23/h22H,3-21H2,1-2H3. The van der Waals surface area contributed by atoms with Gasteiger partial charge in [-0.1, -0.05) is 100 Å². The molecule has 27 heavy (non-hydrogen) atoms. The summed E-state index contributed by atoms with van der Waals surface area (Å²) in [5.41, 5.74) is 0. The van der Waals surface area contributed by atoms with Gasteiger partial charge in [-0.05, 0) is 32.1 Å². The zero-order chi connectivity index (χ0) is 19.8. The van der Waals surface area contributed by atoms with Crippen molar-refractivity contribution in [3.8, 4) is 0 Å². The normalized spacial score (nSPS) is 12.6. The Kier molecular flexibility index (Phi) is 25.4. The van der Waals surface area contributed by atoms with Gasteiger partial charge in [-0.15, -0.1) is 0 Å². The first kappa shape index (κ1) is 27.7. The van der Waals surface area contributed by atoms with Crippen LogP contribution in [0.15, 0.2) is 0 Å². The Labute approximate surface area is 182 Å². The van der Waals surface area contributed by atoms with Gasteiger partial charge in [-0.2, -0.15) is 0 Å². The molecule has 0 spiro atoms. The second kappa shape index (κ2) is 24.7. The van der Waals surface area contributed by atoms with Crippen molar-refractivity contribution in [3.63, 3.8) is 0 Å². The van der Waals surface area contributed by atoms with Crippen LogP contribution in [0.25, 0.3) is 0 Å². The molecule has 0 aromatic heterocycles. The highest BCUT2D eigenvalue weighted by molar-refractivity contribution is 9.09. The number of halogens is 1. The monoisotopic (exact) mass is 468 g/mol. The lowest BCUT2D eigenvalue weighted by Crippen LogP contribution is -2.15. The summed E-state index contributed by atoms with van der Waals surface area (Å²) in [5, 5.41) is 1.10. The second-order valence-electron chi connectivity index (χ2n) is 7.36. The molecule has 0 heterocycles. The molecule has 0 aliphatic carbocycles. The van der Waals surface area contributed by atoms with E-state index in [1.165, 1.54) is 77.0 Å². The molecule has 0 amide bonds. The van der Waals surface area contributed by atoms with Crippen molar-refractivity contribution in [2.75, 3.05) is 18.5 Å². The maximum Gasteiger partial charge on any atom is 0.173 e. The molecule has 0 saturated heterocycles. The van der Waals surface area contributed by atoms with Crippen molar-refractivity contribution in [3.05, 3.63) is 0 Å². The lowest BCUT2D eigenvalue weighted by molar-refractivity contribution is -0.0801. The molecule has 1 atom stereocenters. The fourth-order valence-corrected chi connectivity index (χ4v) is 3.76. The van der Waals surface area contributed by atoms with Crippen LogP contribution in [-0.2, 0) is 13.1 Å². The summed E-state index contributed by atoms with van der Waals surface area (Å²) in [6.07, 6.45) is 19.9. The first-order chi connectivity index (χ1) is 13.3. The Balaban J connectivity index is 3.63. The predicted molar refractivity (Wildman–Crippen MR) is 123 cm³/mol. The van der Waals surface area contributed by atoms with Gasteiger partial charge in [0.25, 0.3) is 0 Å². The quantitative estimate of drug-likeness (QED) is 0.0648. The fourth-order valence-electron chi connectivity index (χ4n) is 2.89. The lowest BCUT2D eigenvalue weighted by Gasteiger charge is -2.17. The Morgan fingerprint density at radius 1 is 0.667 bits per heavy atom. The van der Waals surface area contributed by atoms with E-state index in [1.807, 2.05) is 0 Å². The topological polar surface area (TPSA) is 27.7 Å². The maximum absolute atomic E-state index is 5.97. The van der Waals surface area contributed by atoms with Crippen LogP contribution in [0.1, 0.15) is 117 Å². The van der Waals surface area contributed by atoms with Gasteiger partial charge >= 0.3 is 0 Å². The molecule has 164 valence electrons. The van der Waals surface area contributed by atoms with Crippen molar-refractivity contribution >= 4 is 28.3 Å². The Hall–Kier alpha value is 0.710. The average molecular weight is 470 g/mol. The molecule has 0 aliphatic rings. The molecule has 3 nitrogen and oxygen atoms in total. The molecular weight excluding hydrogens is 424 g/mol. The summed E-state index contributed by atoms with van der Waals surface area (Å²) in [6, 6.07) is 0. The van der Waals surface area contributed by atoms with Gasteiger partial charge in [-0.3, -0.25) is 8.37 Å². The van der Waals surface area contributed by atoms with Crippen LogP contribution in [0.3, 0.4) is 0 Å². The summed E-state index contributed by atoms with van der Waals surface area (Å²) < 4.78 is 17.3. The molecule has 0 bridgehead atoms. The second-order valence-corrected chi connectivity index (χ2v) is 8.72. The zero-order valence-corrected chi connectivity index (χ0v) is 20.4. The summed E-state index contributed by atoms with van der Waals surface area (Å²) >= 11 is 4.59. The van der Waals surface area contributed by atoms with Gasteiger partial charge < -0.3 is 4.74 Å². The minimum absolute atomic E-state index is 0.125. The van der Waals surface area contributed by atoms with Crippen molar-refractivity contribution < 1.29 is 13.1 Å². The number of hydrogen-bond donors (Lipinski definition) is 0. The Bertz CT molecular complexity index is 270. The lowest BCUT2D eigenvalue weighted by atomic mass is 10.1. The van der Waals surface area contributed by atoms with E-state index in [-0.39, 0.29) is 6.29 Å². The molecule has 0 N–H and O–H groups in total. The molecule has 0 saturated carbocycles. The van der Waals surface area contributed by atoms with Crippen molar-refractivity contribution in [2.24, 2.45) is 0 Å². The number of hydrogen-bond acceptors (Lipinski definition) is 4. The molecule has 0 aliphatic heterocycles. The maximum atomic E-state index is 5.97. The minimum atomic E-state index is -0.125. The SMILES string of the molecule is CCCCCCCCCCOC(CCCCC)OSOCCCCCCBr. The summed E-state index contributed by atoms with van der Waals surface area (Å²) in [6.45, 7) is 6.06. The molecular formula is C22H45BrO3S. The fraction of sp³-hybridized carbons (Fsp3) is 1.00. The van der Waals surface area contributed by atoms with Gasteiger partial charge in [0.15, 0.2) is 18.6 Å². The summed E-state index contributed by atoms with van der Waals surface area (Å²) in [5.74, 6) is 0. The minimum Gasteiger partial charge on any atom is -0.352 e. The average Bonchev–Trinajstić information content (AvgIpc) is 2.68. The van der Waals surface area contributed by atoms with E-state index in [9.17, 15) is 0 Å². The van der Waals surface area contributed by atoms with Crippen LogP contribution in [0.5, 0.6) is 0 Å². The summed E-state index contributed by atoms with van der Waals surface area (Å²) in [7, 11) is 0. The van der Waals surface area contributed by atoms with E-state index >= 15 is 0 Å². The highest BCUT2D eigenvalue weighted by Gasteiger charge is 2.10. The first-order valence-electron chi connectivity index (χ1n) is 11.5. The van der Waals surface area contributed by atoms with E-state index in [2.05, 4.69) is 29.8 Å². The van der Waals surface area contributed by atoms with Crippen LogP contribution in [-0.4, -0.2) is 24.8 Å².